The minimum atomic E-state index is -0.160. The third-order valence-corrected chi connectivity index (χ3v) is 3.21. The van der Waals surface area contributed by atoms with Crippen molar-refractivity contribution in [2.45, 2.75) is 13.5 Å². The van der Waals surface area contributed by atoms with Crippen molar-refractivity contribution in [3.8, 4) is 0 Å². The van der Waals surface area contributed by atoms with Crippen LogP contribution in [0.15, 0.2) is 40.9 Å². The fourth-order valence-electron chi connectivity index (χ4n) is 1.69. The van der Waals surface area contributed by atoms with Gasteiger partial charge in [0.1, 0.15) is 5.15 Å². The molecule has 1 aromatic carbocycles. The van der Waals surface area contributed by atoms with Gasteiger partial charge in [0.2, 0.25) is 0 Å². The summed E-state index contributed by atoms with van der Waals surface area (Å²) < 4.78 is 0.988. The van der Waals surface area contributed by atoms with E-state index < -0.39 is 0 Å². The van der Waals surface area contributed by atoms with Gasteiger partial charge in [0, 0.05) is 22.3 Å². The molecular weight excluding hydrogens is 328 g/mol. The molecule has 0 atom stereocenters. The summed E-state index contributed by atoms with van der Waals surface area (Å²) in [6.45, 7) is 2.27. The van der Waals surface area contributed by atoms with E-state index in [0.717, 1.165) is 15.7 Å². The van der Waals surface area contributed by atoms with Crippen molar-refractivity contribution in [3.63, 3.8) is 0 Å². The summed E-state index contributed by atoms with van der Waals surface area (Å²) >= 11 is 9.23. The van der Waals surface area contributed by atoms with Crippen LogP contribution in [0.4, 0.5) is 0 Å². The van der Waals surface area contributed by atoms with Gasteiger partial charge in [-0.3, -0.25) is 4.79 Å². The van der Waals surface area contributed by atoms with Gasteiger partial charge >= 0.3 is 0 Å². The SMILES string of the molecule is Cc1cc(C(=O)NCc2cccc(Br)c2)cc(Cl)n1. The normalized spacial score (nSPS) is 10.3. The molecule has 1 N–H and O–H groups in total. The molecule has 0 unspecified atom stereocenters. The molecule has 2 aromatic rings. The second kappa shape index (κ2) is 6.17. The lowest BCUT2D eigenvalue weighted by atomic mass is 10.2. The van der Waals surface area contributed by atoms with Crippen LogP contribution in [0.1, 0.15) is 21.6 Å². The topological polar surface area (TPSA) is 42.0 Å². The van der Waals surface area contributed by atoms with Crippen LogP contribution in [0.5, 0.6) is 0 Å². The molecule has 1 heterocycles. The van der Waals surface area contributed by atoms with Gasteiger partial charge in [-0.1, -0.05) is 39.7 Å². The van der Waals surface area contributed by atoms with Gasteiger partial charge in [0.05, 0.1) is 0 Å². The van der Waals surface area contributed by atoms with Crippen LogP contribution in [0, 0.1) is 6.92 Å². The summed E-state index contributed by atoms with van der Waals surface area (Å²) in [7, 11) is 0. The van der Waals surface area contributed by atoms with E-state index in [1.54, 1.807) is 19.1 Å². The molecule has 0 bridgehead atoms. The predicted molar refractivity (Wildman–Crippen MR) is 79.3 cm³/mol. The number of nitrogens with zero attached hydrogens (tertiary/aromatic N) is 1. The maximum Gasteiger partial charge on any atom is 0.251 e. The smallest absolute Gasteiger partial charge is 0.251 e. The maximum atomic E-state index is 12.0. The number of rotatable bonds is 3. The zero-order valence-electron chi connectivity index (χ0n) is 10.3. The monoisotopic (exact) mass is 338 g/mol. The third-order valence-electron chi connectivity index (χ3n) is 2.53. The van der Waals surface area contributed by atoms with Crippen molar-refractivity contribution >= 4 is 33.4 Å². The van der Waals surface area contributed by atoms with Crippen LogP contribution < -0.4 is 5.32 Å². The molecule has 1 aromatic heterocycles. The summed E-state index contributed by atoms with van der Waals surface area (Å²) in [5.41, 5.74) is 2.27. The van der Waals surface area contributed by atoms with Crippen molar-refractivity contribution in [1.82, 2.24) is 10.3 Å². The third kappa shape index (κ3) is 4.04. The van der Waals surface area contributed by atoms with E-state index in [4.69, 9.17) is 11.6 Å². The highest BCUT2D eigenvalue weighted by Crippen LogP contribution is 2.13. The Labute approximate surface area is 125 Å². The Balaban J connectivity index is 2.05. The summed E-state index contributed by atoms with van der Waals surface area (Å²) in [6, 6.07) is 11.1. The summed E-state index contributed by atoms with van der Waals surface area (Å²) in [4.78, 5) is 16.0. The Morgan fingerprint density at radius 3 is 2.84 bits per heavy atom. The van der Waals surface area contributed by atoms with E-state index >= 15 is 0 Å². The van der Waals surface area contributed by atoms with Gasteiger partial charge < -0.3 is 5.32 Å². The summed E-state index contributed by atoms with van der Waals surface area (Å²) in [5, 5.41) is 3.18. The first-order chi connectivity index (χ1) is 9.04. The number of hydrogen-bond donors (Lipinski definition) is 1. The Hall–Kier alpha value is -1.39. The molecule has 0 saturated heterocycles. The molecule has 0 radical (unpaired) electrons. The highest BCUT2D eigenvalue weighted by atomic mass is 79.9. The van der Waals surface area contributed by atoms with Crippen LogP contribution in [0.25, 0.3) is 0 Å². The van der Waals surface area contributed by atoms with Gasteiger partial charge in [0.15, 0.2) is 0 Å². The molecule has 0 aliphatic carbocycles. The van der Waals surface area contributed by atoms with E-state index in [9.17, 15) is 4.79 Å². The number of benzene rings is 1. The van der Waals surface area contributed by atoms with E-state index in [2.05, 4.69) is 26.2 Å². The minimum Gasteiger partial charge on any atom is -0.348 e. The van der Waals surface area contributed by atoms with Crippen molar-refractivity contribution < 1.29 is 4.79 Å². The molecule has 0 aliphatic heterocycles. The first-order valence-corrected chi connectivity index (χ1v) is 6.88. The molecule has 19 heavy (non-hydrogen) atoms. The van der Waals surface area contributed by atoms with E-state index in [0.29, 0.717) is 17.3 Å². The van der Waals surface area contributed by atoms with Crippen molar-refractivity contribution in [3.05, 3.63) is 62.8 Å². The number of hydrogen-bond acceptors (Lipinski definition) is 2. The highest BCUT2D eigenvalue weighted by Gasteiger charge is 2.07. The number of halogens is 2. The first-order valence-electron chi connectivity index (χ1n) is 5.71. The van der Waals surface area contributed by atoms with Gasteiger partial charge in [-0.05, 0) is 36.8 Å². The molecule has 0 saturated carbocycles. The lowest BCUT2D eigenvalue weighted by Crippen LogP contribution is -2.23. The predicted octanol–water partition coefficient (Wildman–Crippen LogP) is 3.74. The fourth-order valence-corrected chi connectivity index (χ4v) is 2.39. The molecule has 0 spiro atoms. The number of aromatic nitrogens is 1. The van der Waals surface area contributed by atoms with Crippen molar-refractivity contribution in [2.24, 2.45) is 0 Å². The fraction of sp³-hybridized carbons (Fsp3) is 0.143. The summed E-state index contributed by atoms with van der Waals surface area (Å²) in [5.74, 6) is -0.160. The van der Waals surface area contributed by atoms with Crippen LogP contribution in [-0.2, 0) is 6.54 Å². The van der Waals surface area contributed by atoms with Crippen LogP contribution in [0.3, 0.4) is 0 Å². The Kier molecular flexibility index (Phi) is 4.56. The lowest BCUT2D eigenvalue weighted by molar-refractivity contribution is 0.0950. The quantitative estimate of drug-likeness (QED) is 0.866. The largest absolute Gasteiger partial charge is 0.348 e. The maximum absolute atomic E-state index is 12.0. The van der Waals surface area contributed by atoms with E-state index in [1.807, 2.05) is 24.3 Å². The number of carbonyl (C=O) groups excluding carboxylic acids is 1. The minimum absolute atomic E-state index is 0.160. The van der Waals surface area contributed by atoms with E-state index in [1.165, 1.54) is 0 Å². The zero-order valence-corrected chi connectivity index (χ0v) is 12.6. The van der Waals surface area contributed by atoms with Crippen molar-refractivity contribution in [1.29, 1.82) is 0 Å². The Morgan fingerprint density at radius 1 is 1.37 bits per heavy atom. The van der Waals surface area contributed by atoms with Crippen LogP contribution >= 0.6 is 27.5 Å². The molecule has 0 fully saturated rings. The second-order valence-electron chi connectivity index (χ2n) is 4.13. The lowest BCUT2D eigenvalue weighted by Gasteiger charge is -2.06. The number of aryl methyl sites for hydroxylation is 1. The molecule has 0 aliphatic rings. The molecule has 98 valence electrons. The molecule has 3 nitrogen and oxygen atoms in total. The molecule has 1 amide bonds. The van der Waals surface area contributed by atoms with Crippen molar-refractivity contribution in [2.75, 3.05) is 0 Å². The number of amides is 1. The van der Waals surface area contributed by atoms with Crippen LogP contribution in [0.2, 0.25) is 5.15 Å². The van der Waals surface area contributed by atoms with Gasteiger partial charge in [-0.2, -0.15) is 0 Å². The molecule has 2 rings (SSSR count). The average Bonchev–Trinajstić information content (AvgIpc) is 2.35. The Morgan fingerprint density at radius 2 is 2.16 bits per heavy atom. The zero-order chi connectivity index (χ0) is 13.8. The standard InChI is InChI=1S/C14H12BrClN2O/c1-9-5-11(7-13(16)18-9)14(19)17-8-10-3-2-4-12(15)6-10/h2-7H,8H2,1H3,(H,17,19). The van der Waals surface area contributed by atoms with E-state index in [-0.39, 0.29) is 5.91 Å². The summed E-state index contributed by atoms with van der Waals surface area (Å²) in [6.07, 6.45) is 0. The molecule has 5 heteroatoms. The molecular formula is C14H12BrClN2O. The number of carbonyl (C=O) groups is 1. The number of nitrogens with one attached hydrogen (secondary N) is 1. The van der Waals surface area contributed by atoms with Gasteiger partial charge in [-0.15, -0.1) is 0 Å². The average molecular weight is 340 g/mol. The Bertz CT molecular complexity index is 596. The van der Waals surface area contributed by atoms with Crippen LogP contribution in [-0.4, -0.2) is 10.9 Å². The first kappa shape index (κ1) is 14.0. The second-order valence-corrected chi connectivity index (χ2v) is 5.44. The van der Waals surface area contributed by atoms with Gasteiger partial charge in [-0.25, -0.2) is 4.98 Å². The highest BCUT2D eigenvalue weighted by molar-refractivity contribution is 9.10. The number of pyridine rings is 1. The van der Waals surface area contributed by atoms with Gasteiger partial charge in [0.25, 0.3) is 5.91 Å².